The topological polar surface area (TPSA) is 72.8 Å². The minimum Gasteiger partial charge on any atom is -0.312 e. The normalized spacial score (nSPS) is 12.5. The van der Waals surface area contributed by atoms with E-state index < -0.39 is 7.75 Å². The largest absolute Gasteiger partial charge is 0.413 e. The zero-order valence-corrected chi connectivity index (χ0v) is 7.27. The number of alkyl halides is 2. The number of halogens is 2. The van der Waals surface area contributed by atoms with Gasteiger partial charge in [0.1, 0.15) is 0 Å². The third-order valence-electron chi connectivity index (χ3n) is 0.560. The molecule has 0 aliphatic carbocycles. The molecule has 0 aliphatic rings. The predicted octanol–water partition coefficient (Wildman–Crippen LogP) is 0.278. The van der Waals surface area contributed by atoms with Crippen molar-refractivity contribution in [3.8, 4) is 0 Å². The fourth-order valence-electron chi connectivity index (χ4n) is 0.270. The maximum absolute atomic E-state index is 10.2. The van der Waals surface area contributed by atoms with E-state index in [4.69, 9.17) is 33.0 Å². The van der Waals surface area contributed by atoms with Gasteiger partial charge in [-0.15, -0.1) is 23.2 Å². The molecule has 0 heterocycles. The molecule has 3 N–H and O–H groups in total. The molecule has 10 heavy (non-hydrogen) atoms. The van der Waals surface area contributed by atoms with Gasteiger partial charge in [0.25, 0.3) is 0 Å². The lowest BCUT2D eigenvalue weighted by atomic mass is 11.2. The van der Waals surface area contributed by atoms with E-state index >= 15 is 0 Å². The van der Waals surface area contributed by atoms with Crippen LogP contribution in [0, 0.1) is 0 Å². The summed E-state index contributed by atoms with van der Waals surface area (Å²) in [5.41, 5.74) is 0. The Kier molecular flexibility index (Phi) is 4.81. The molecule has 0 bridgehead atoms. The summed E-state index contributed by atoms with van der Waals surface area (Å²) in [4.78, 5) is 16.6. The summed E-state index contributed by atoms with van der Waals surface area (Å²) in [5, 5.41) is 2.77. The van der Waals surface area contributed by atoms with E-state index in [2.05, 4.69) is 0 Å². The number of rotatable bonds is 4. The molecule has 0 amide bonds. The zero-order valence-electron chi connectivity index (χ0n) is 4.87. The highest BCUT2D eigenvalue weighted by atomic mass is 35.5. The predicted molar refractivity (Wildman–Crippen MR) is 38.5 cm³/mol. The van der Waals surface area contributed by atoms with Crippen molar-refractivity contribution in [3.63, 3.8) is 0 Å². The van der Waals surface area contributed by atoms with Gasteiger partial charge in [0.15, 0.2) is 0 Å². The molecule has 0 atom stereocenters. The molecule has 0 aromatic rings. The van der Waals surface area contributed by atoms with E-state index in [-0.39, 0.29) is 12.0 Å². The average Bonchev–Trinajstić information content (AvgIpc) is 1.81. The molecule has 0 aliphatic heterocycles. The molecule has 0 spiro atoms. The van der Waals surface area contributed by atoms with Crippen LogP contribution in [0.1, 0.15) is 0 Å². The summed E-state index contributed by atoms with van der Waals surface area (Å²) >= 11 is 10.4. The molecule has 5 nitrogen and oxygen atoms in total. The van der Waals surface area contributed by atoms with Crippen molar-refractivity contribution < 1.29 is 14.4 Å². The molecule has 8 heteroatoms. The third kappa shape index (κ3) is 5.44. The Labute approximate surface area is 68.1 Å². The fourth-order valence-corrected chi connectivity index (χ4v) is 1.32. The number of nitrogens with zero attached hydrogens (tertiary/aromatic N) is 1. The highest BCUT2D eigenvalue weighted by molar-refractivity contribution is 7.49. The number of hydrazine groups is 1. The molecule has 0 unspecified atom stereocenters. The second kappa shape index (κ2) is 4.51. The van der Waals surface area contributed by atoms with Gasteiger partial charge in [-0.05, 0) is 0 Å². The highest BCUT2D eigenvalue weighted by Crippen LogP contribution is 2.28. The zero-order chi connectivity index (χ0) is 8.20. The van der Waals surface area contributed by atoms with Gasteiger partial charge in [0.05, 0.1) is 12.0 Å². The average molecular weight is 209 g/mol. The maximum atomic E-state index is 10.2. The lowest BCUT2D eigenvalue weighted by Crippen LogP contribution is -2.33. The van der Waals surface area contributed by atoms with E-state index in [1.165, 1.54) is 0 Å². The van der Waals surface area contributed by atoms with Gasteiger partial charge in [0.2, 0.25) is 0 Å². The SMILES string of the molecule is O=P(O)(O)NN(CCl)CCl. The minimum atomic E-state index is -4.25. The first kappa shape index (κ1) is 10.7. The van der Waals surface area contributed by atoms with Gasteiger partial charge >= 0.3 is 7.75 Å². The van der Waals surface area contributed by atoms with Crippen molar-refractivity contribution >= 4 is 30.9 Å². The van der Waals surface area contributed by atoms with Crippen LogP contribution in [-0.2, 0) is 4.57 Å². The van der Waals surface area contributed by atoms with E-state index in [1.54, 1.807) is 5.20 Å². The monoisotopic (exact) mass is 208 g/mol. The van der Waals surface area contributed by atoms with Crippen molar-refractivity contribution in [2.45, 2.75) is 0 Å². The minimum absolute atomic E-state index is 0.0887. The first-order chi connectivity index (χ1) is 4.49. The van der Waals surface area contributed by atoms with Crippen LogP contribution in [-0.4, -0.2) is 26.8 Å². The van der Waals surface area contributed by atoms with Crippen LogP contribution in [0.5, 0.6) is 0 Å². The second-order valence-corrected chi connectivity index (χ2v) is 3.19. The summed E-state index contributed by atoms with van der Waals surface area (Å²) in [6.45, 7) is 0. The van der Waals surface area contributed by atoms with Crippen molar-refractivity contribution in [1.29, 1.82) is 0 Å². The maximum Gasteiger partial charge on any atom is 0.413 e. The molecule has 0 aromatic heterocycles. The molecule has 0 saturated carbocycles. The molecular formula is C2H7Cl2N2O3P. The Morgan fingerprint density at radius 3 is 1.90 bits per heavy atom. The van der Waals surface area contributed by atoms with Crippen LogP contribution in [0.25, 0.3) is 0 Å². The van der Waals surface area contributed by atoms with Crippen LogP contribution in [0.15, 0.2) is 0 Å². The Balaban J connectivity index is 3.75. The second-order valence-electron chi connectivity index (χ2n) is 1.42. The van der Waals surface area contributed by atoms with Gasteiger partial charge in [-0.2, -0.15) is 5.20 Å². The molecule has 62 valence electrons. The molecule has 0 radical (unpaired) electrons. The first-order valence-electron chi connectivity index (χ1n) is 2.20. The standard InChI is InChI=1S/C2H7Cl2N2O3P/c3-1-6(2-4)5-10(7,8)9/h1-2H2,(H3,5,7,8,9). The van der Waals surface area contributed by atoms with Gasteiger partial charge in [-0.1, -0.05) is 0 Å². The smallest absolute Gasteiger partial charge is 0.312 e. The van der Waals surface area contributed by atoms with Gasteiger partial charge < -0.3 is 9.79 Å². The van der Waals surface area contributed by atoms with E-state index in [1.807, 2.05) is 0 Å². The number of nitrogens with one attached hydrogen (secondary N) is 1. The van der Waals surface area contributed by atoms with Gasteiger partial charge in [0, 0.05) is 0 Å². The molecule has 0 rings (SSSR count). The lowest BCUT2D eigenvalue weighted by molar-refractivity contribution is 0.262. The Morgan fingerprint density at radius 1 is 1.40 bits per heavy atom. The van der Waals surface area contributed by atoms with E-state index in [9.17, 15) is 4.57 Å². The summed E-state index contributed by atoms with van der Waals surface area (Å²) < 4.78 is 10.2. The van der Waals surface area contributed by atoms with Gasteiger partial charge in [-0.25, -0.2) is 9.57 Å². The summed E-state index contributed by atoms with van der Waals surface area (Å²) in [7, 11) is -4.25. The molecule has 0 fully saturated rings. The van der Waals surface area contributed by atoms with E-state index in [0.29, 0.717) is 0 Å². The highest BCUT2D eigenvalue weighted by Gasteiger charge is 2.15. The van der Waals surface area contributed by atoms with Crippen LogP contribution in [0.2, 0.25) is 0 Å². The van der Waals surface area contributed by atoms with Crippen LogP contribution < -0.4 is 5.20 Å². The Bertz CT molecular complexity index is 134. The molecule has 0 aromatic carbocycles. The van der Waals surface area contributed by atoms with E-state index in [0.717, 1.165) is 5.01 Å². The lowest BCUT2D eigenvalue weighted by Gasteiger charge is -2.16. The Morgan fingerprint density at radius 2 is 1.80 bits per heavy atom. The quantitative estimate of drug-likeness (QED) is 0.268. The Hall–Kier alpha value is 0.650. The summed E-state index contributed by atoms with van der Waals surface area (Å²) in [6, 6.07) is -0.177. The van der Waals surface area contributed by atoms with Crippen LogP contribution in [0.3, 0.4) is 0 Å². The summed E-state index contributed by atoms with van der Waals surface area (Å²) in [6.07, 6.45) is 0. The third-order valence-corrected chi connectivity index (χ3v) is 1.68. The van der Waals surface area contributed by atoms with Crippen molar-refractivity contribution in [3.05, 3.63) is 0 Å². The number of hydrogen-bond acceptors (Lipinski definition) is 2. The van der Waals surface area contributed by atoms with Crippen molar-refractivity contribution in [2.24, 2.45) is 0 Å². The van der Waals surface area contributed by atoms with Crippen LogP contribution >= 0.6 is 30.9 Å². The number of hydrogen-bond donors (Lipinski definition) is 3. The first-order valence-corrected chi connectivity index (χ1v) is 4.88. The fraction of sp³-hybridized carbons (Fsp3) is 1.00. The molecule has 0 saturated heterocycles. The van der Waals surface area contributed by atoms with Crippen molar-refractivity contribution in [2.75, 3.05) is 12.0 Å². The van der Waals surface area contributed by atoms with Gasteiger partial charge in [-0.3, -0.25) is 0 Å². The van der Waals surface area contributed by atoms with Crippen LogP contribution in [0.4, 0.5) is 0 Å². The molecular weight excluding hydrogens is 202 g/mol. The van der Waals surface area contributed by atoms with Crippen molar-refractivity contribution in [1.82, 2.24) is 10.2 Å². The summed E-state index contributed by atoms with van der Waals surface area (Å²) in [5.74, 6) is 0.